The van der Waals surface area contributed by atoms with Gasteiger partial charge in [-0.25, -0.2) is 9.67 Å². The molecule has 0 atom stereocenters. The molecule has 3 heterocycles. The number of piperidine rings is 1. The number of pyridine rings is 1. The topological polar surface area (TPSA) is 58.9 Å². The molecule has 1 aliphatic heterocycles. The number of nitrogens with zero attached hydrogens (tertiary/aromatic N) is 5. The highest BCUT2D eigenvalue weighted by Crippen LogP contribution is 2.30. The predicted octanol–water partition coefficient (Wildman–Crippen LogP) is 4.71. The Morgan fingerprint density at radius 1 is 1.10 bits per heavy atom. The molecule has 1 aliphatic rings. The number of nitrogens with one attached hydrogen (secondary N) is 1. The van der Waals surface area contributed by atoms with Crippen LogP contribution in [-0.4, -0.2) is 43.2 Å². The van der Waals surface area contributed by atoms with Crippen molar-refractivity contribution in [3.8, 4) is 0 Å². The molecule has 31 heavy (non-hydrogen) atoms. The van der Waals surface area contributed by atoms with Crippen molar-refractivity contribution in [2.75, 3.05) is 17.8 Å². The molecule has 1 aromatic carbocycles. The van der Waals surface area contributed by atoms with Crippen molar-refractivity contribution >= 4 is 17.6 Å². The summed E-state index contributed by atoms with van der Waals surface area (Å²) in [4.78, 5) is 6.32. The van der Waals surface area contributed by atoms with Gasteiger partial charge in [-0.05, 0) is 73.6 Å². The van der Waals surface area contributed by atoms with Crippen LogP contribution in [0.3, 0.4) is 0 Å². The van der Waals surface area contributed by atoms with Gasteiger partial charge in [0.1, 0.15) is 0 Å². The van der Waals surface area contributed by atoms with Crippen molar-refractivity contribution in [3.05, 3.63) is 71.6 Å². The number of benzene rings is 1. The fourth-order valence-electron chi connectivity index (χ4n) is 3.89. The Kier molecular flexibility index (Phi) is 7.19. The smallest absolute Gasteiger partial charge is 0.213 e. The molecule has 0 bridgehead atoms. The number of anilines is 1. The van der Waals surface area contributed by atoms with E-state index >= 15 is 0 Å². The highest BCUT2D eigenvalue weighted by Gasteiger charge is 2.21. The summed E-state index contributed by atoms with van der Waals surface area (Å²) in [5.41, 5.74) is 4.18. The van der Waals surface area contributed by atoms with Gasteiger partial charge in [0, 0.05) is 17.5 Å². The molecule has 0 radical (unpaired) electrons. The number of aromatic nitrogens is 4. The van der Waals surface area contributed by atoms with E-state index < -0.39 is 5.95 Å². The van der Waals surface area contributed by atoms with Gasteiger partial charge in [0.05, 0.1) is 24.1 Å². The van der Waals surface area contributed by atoms with Gasteiger partial charge < -0.3 is 4.72 Å². The maximum absolute atomic E-state index is 13.3. The maximum atomic E-state index is 13.3. The molecule has 3 aromatic rings. The van der Waals surface area contributed by atoms with Gasteiger partial charge in [-0.15, -0.1) is 5.10 Å². The van der Waals surface area contributed by atoms with Crippen molar-refractivity contribution in [2.24, 2.45) is 0 Å². The second-order valence-electron chi connectivity index (χ2n) is 8.30. The third kappa shape index (κ3) is 6.27. The third-order valence-corrected chi connectivity index (χ3v) is 6.25. The molecule has 0 unspecified atom stereocenters. The van der Waals surface area contributed by atoms with Crippen molar-refractivity contribution < 1.29 is 4.39 Å². The molecule has 1 saturated heterocycles. The van der Waals surface area contributed by atoms with Crippen molar-refractivity contribution in [2.45, 2.75) is 50.9 Å². The van der Waals surface area contributed by atoms with Gasteiger partial charge in [0.15, 0.2) is 0 Å². The van der Waals surface area contributed by atoms with Crippen LogP contribution in [0.1, 0.15) is 49.6 Å². The summed E-state index contributed by atoms with van der Waals surface area (Å²) in [5.74, 6) is 0.123. The Balaban J connectivity index is 1.28. The molecule has 8 heteroatoms. The fourth-order valence-corrected chi connectivity index (χ4v) is 4.39. The Hall–Kier alpha value is -2.45. The van der Waals surface area contributed by atoms with Crippen LogP contribution >= 0.6 is 11.9 Å². The molecule has 0 amide bonds. The zero-order chi connectivity index (χ0) is 21.6. The number of rotatable bonds is 8. The minimum absolute atomic E-state index is 0.423. The van der Waals surface area contributed by atoms with Gasteiger partial charge in [0.2, 0.25) is 5.95 Å². The zero-order valence-electron chi connectivity index (χ0n) is 18.0. The van der Waals surface area contributed by atoms with Crippen molar-refractivity contribution in [3.63, 3.8) is 0 Å². The summed E-state index contributed by atoms with van der Waals surface area (Å²) in [6.45, 7) is 7.67. The van der Waals surface area contributed by atoms with Gasteiger partial charge in [0.25, 0.3) is 0 Å². The second kappa shape index (κ2) is 10.2. The lowest BCUT2D eigenvalue weighted by molar-refractivity contribution is 0.202. The number of hydrogen-bond acceptors (Lipinski definition) is 6. The van der Waals surface area contributed by atoms with E-state index in [2.05, 4.69) is 63.0 Å². The molecule has 1 N–H and O–H groups in total. The molecular weight excluding hydrogens is 411 g/mol. The standard InChI is InChI=1S/C23H29FN6S/c1-17(2)31-27-20-6-3-5-19(13-20)18-9-11-29(12-10-18)14-22-16-30(28-26-22)15-21-7-4-8-23(24)25-21/h3-8,13,16-18,27H,9-12,14-15H2,1-2H3. The highest BCUT2D eigenvalue weighted by molar-refractivity contribution is 8.01. The third-order valence-electron chi connectivity index (χ3n) is 5.43. The number of halogens is 1. The van der Waals surface area contributed by atoms with Gasteiger partial charge in [-0.2, -0.15) is 4.39 Å². The molecule has 2 aromatic heterocycles. The second-order valence-corrected chi connectivity index (χ2v) is 9.69. The largest absolute Gasteiger partial charge is 0.330 e. The van der Waals surface area contributed by atoms with Crippen LogP contribution in [0.25, 0.3) is 0 Å². The summed E-state index contributed by atoms with van der Waals surface area (Å²) in [5, 5.41) is 9.02. The Morgan fingerprint density at radius 2 is 1.90 bits per heavy atom. The lowest BCUT2D eigenvalue weighted by Gasteiger charge is -2.31. The average Bonchev–Trinajstić information content (AvgIpc) is 3.19. The van der Waals surface area contributed by atoms with Crippen LogP contribution in [0.2, 0.25) is 0 Å². The minimum atomic E-state index is -0.472. The van der Waals surface area contributed by atoms with E-state index in [0.29, 0.717) is 23.4 Å². The van der Waals surface area contributed by atoms with E-state index in [1.807, 2.05) is 6.20 Å². The monoisotopic (exact) mass is 440 g/mol. The zero-order valence-corrected chi connectivity index (χ0v) is 18.9. The predicted molar refractivity (Wildman–Crippen MR) is 123 cm³/mol. The van der Waals surface area contributed by atoms with Crippen molar-refractivity contribution in [1.82, 2.24) is 24.9 Å². The summed E-state index contributed by atoms with van der Waals surface area (Å²) in [6, 6.07) is 13.6. The van der Waals surface area contributed by atoms with Crippen LogP contribution in [0.5, 0.6) is 0 Å². The van der Waals surface area contributed by atoms with Gasteiger partial charge in [-0.3, -0.25) is 4.90 Å². The van der Waals surface area contributed by atoms with E-state index in [0.717, 1.165) is 38.2 Å². The van der Waals surface area contributed by atoms with E-state index in [4.69, 9.17) is 0 Å². The number of likely N-dealkylation sites (tertiary alicyclic amines) is 1. The Morgan fingerprint density at radius 3 is 2.68 bits per heavy atom. The lowest BCUT2D eigenvalue weighted by Crippen LogP contribution is -2.32. The van der Waals surface area contributed by atoms with E-state index in [1.165, 1.54) is 17.3 Å². The Bertz CT molecular complexity index is 983. The van der Waals surface area contributed by atoms with Crippen LogP contribution in [-0.2, 0) is 13.1 Å². The Labute approximate surface area is 187 Å². The molecule has 4 rings (SSSR count). The summed E-state index contributed by atoms with van der Waals surface area (Å²) < 4.78 is 18.4. The first kappa shape index (κ1) is 21.8. The molecule has 0 saturated carbocycles. The minimum Gasteiger partial charge on any atom is -0.330 e. The molecule has 1 fully saturated rings. The normalized spacial score (nSPS) is 15.5. The molecular formula is C23H29FN6S. The first-order valence-electron chi connectivity index (χ1n) is 10.8. The van der Waals surface area contributed by atoms with Crippen LogP contribution in [0.4, 0.5) is 10.1 Å². The average molecular weight is 441 g/mol. The molecule has 164 valence electrons. The van der Waals surface area contributed by atoms with Crippen molar-refractivity contribution in [1.29, 1.82) is 0 Å². The SMILES string of the molecule is CC(C)SNc1cccc(C2CCN(Cc3cn(Cc4cccc(F)n4)nn3)CC2)c1. The summed E-state index contributed by atoms with van der Waals surface area (Å²) in [7, 11) is 0. The first-order chi connectivity index (χ1) is 15.0. The fraction of sp³-hybridized carbons (Fsp3) is 0.435. The van der Waals surface area contributed by atoms with Gasteiger partial charge >= 0.3 is 0 Å². The number of hydrogen-bond donors (Lipinski definition) is 1. The molecule has 0 aliphatic carbocycles. The van der Waals surface area contributed by atoms with Crippen LogP contribution < -0.4 is 4.72 Å². The lowest BCUT2D eigenvalue weighted by atomic mass is 9.89. The van der Waals surface area contributed by atoms with E-state index in [-0.39, 0.29) is 0 Å². The summed E-state index contributed by atoms with van der Waals surface area (Å²) in [6.07, 6.45) is 4.21. The molecule has 6 nitrogen and oxygen atoms in total. The van der Waals surface area contributed by atoms with Crippen LogP contribution in [0.15, 0.2) is 48.7 Å². The van der Waals surface area contributed by atoms with E-state index in [1.54, 1.807) is 28.8 Å². The summed E-state index contributed by atoms with van der Waals surface area (Å²) >= 11 is 1.75. The maximum Gasteiger partial charge on any atom is 0.213 e. The van der Waals surface area contributed by atoms with E-state index in [9.17, 15) is 4.39 Å². The molecule has 0 spiro atoms. The quantitative estimate of drug-likeness (QED) is 0.404. The van der Waals surface area contributed by atoms with Crippen LogP contribution in [0, 0.1) is 5.95 Å². The first-order valence-corrected chi connectivity index (χ1v) is 11.7. The highest BCUT2D eigenvalue weighted by atomic mass is 32.2. The van der Waals surface area contributed by atoms with Gasteiger partial charge in [-0.1, -0.05) is 37.3 Å².